The maximum absolute atomic E-state index is 13.4. The molecule has 4 rings (SSSR count). The molecule has 1 atom stereocenters. The fourth-order valence-corrected chi connectivity index (χ4v) is 4.59. The second kappa shape index (κ2) is 9.32. The van der Waals surface area contributed by atoms with Crippen LogP contribution in [0.5, 0.6) is 0 Å². The molecule has 1 aromatic heterocycles. The van der Waals surface area contributed by atoms with Crippen molar-refractivity contribution in [3.8, 4) is 0 Å². The Labute approximate surface area is 185 Å². The fraction of sp³-hybridized carbons (Fsp3) is 0.542. The number of fused-ring (bicyclic) bond motifs is 1. The normalized spacial score (nSPS) is 19.2. The minimum absolute atomic E-state index is 0.0566. The Hall–Kier alpha value is -2.51. The van der Waals surface area contributed by atoms with Crippen LogP contribution in [0.4, 0.5) is 5.82 Å². The number of benzene rings is 1. The molecule has 0 N–H and O–H groups in total. The number of hydrogen-bond donors (Lipinski definition) is 0. The number of methoxy groups -OCH3 is 1. The summed E-state index contributed by atoms with van der Waals surface area (Å²) in [5, 5.41) is 0. The maximum atomic E-state index is 13.4. The van der Waals surface area contributed by atoms with Gasteiger partial charge in [-0.2, -0.15) is 0 Å². The largest absolute Gasteiger partial charge is 0.380 e. The number of piperidine rings is 1. The van der Waals surface area contributed by atoms with Gasteiger partial charge in [-0.25, -0.2) is 9.97 Å². The Bertz CT molecular complexity index is 928. The Morgan fingerprint density at radius 3 is 2.65 bits per heavy atom. The first-order valence-corrected chi connectivity index (χ1v) is 11.1. The van der Waals surface area contributed by atoms with Crippen LogP contribution in [0.3, 0.4) is 0 Å². The third-order valence-corrected chi connectivity index (χ3v) is 6.24. The Balaban J connectivity index is 1.65. The summed E-state index contributed by atoms with van der Waals surface area (Å²) < 4.78 is 5.18. The smallest absolute Gasteiger partial charge is 0.254 e. The third kappa shape index (κ3) is 4.57. The van der Waals surface area contributed by atoms with Crippen LogP contribution in [-0.4, -0.2) is 67.0 Å². The first-order valence-electron chi connectivity index (χ1n) is 11.1. The van der Waals surface area contributed by atoms with Crippen LogP contribution in [0, 0.1) is 0 Å². The SMILES string of the molecule is COCc1ccc(C(=O)N2CCCC[C@H]2c2nc3c(c(N(C)C)n2)CN(C)CC3)cc1. The number of rotatable bonds is 5. The summed E-state index contributed by atoms with van der Waals surface area (Å²) in [6.45, 7) is 3.15. The van der Waals surface area contributed by atoms with Crippen molar-refractivity contribution in [3.63, 3.8) is 0 Å². The number of likely N-dealkylation sites (tertiary alicyclic amines) is 1. The molecule has 0 aliphatic carbocycles. The molecular weight excluding hydrogens is 390 g/mol. The molecule has 3 heterocycles. The number of amides is 1. The standard InChI is InChI=1S/C24H33N5O2/c1-27(2)23-19-15-28(3)14-12-20(19)25-22(26-23)21-7-5-6-13-29(21)24(30)18-10-8-17(9-11-18)16-31-4/h8-11,21H,5-7,12-16H2,1-4H3/t21-/m0/s1. The van der Waals surface area contributed by atoms with Crippen molar-refractivity contribution in [2.45, 2.75) is 44.9 Å². The van der Waals surface area contributed by atoms with Gasteiger partial charge in [-0.15, -0.1) is 0 Å². The van der Waals surface area contributed by atoms with Gasteiger partial charge in [0.25, 0.3) is 5.91 Å². The van der Waals surface area contributed by atoms with Crippen LogP contribution < -0.4 is 4.90 Å². The van der Waals surface area contributed by atoms with Gasteiger partial charge in [0.2, 0.25) is 0 Å². The first-order chi connectivity index (χ1) is 15.0. The molecule has 166 valence electrons. The van der Waals surface area contributed by atoms with Crippen LogP contribution in [-0.2, 0) is 24.3 Å². The molecule has 1 saturated heterocycles. The number of carbonyl (C=O) groups is 1. The molecule has 0 radical (unpaired) electrons. The van der Waals surface area contributed by atoms with Crippen molar-refractivity contribution in [1.29, 1.82) is 0 Å². The quantitative estimate of drug-likeness (QED) is 0.737. The molecule has 2 aliphatic heterocycles. The van der Waals surface area contributed by atoms with Crippen molar-refractivity contribution in [3.05, 3.63) is 52.5 Å². The minimum Gasteiger partial charge on any atom is -0.380 e. The average Bonchev–Trinajstić information content (AvgIpc) is 2.78. The topological polar surface area (TPSA) is 61.8 Å². The third-order valence-electron chi connectivity index (χ3n) is 6.24. The Kier molecular flexibility index (Phi) is 6.53. The number of anilines is 1. The first kappa shape index (κ1) is 21.7. The van der Waals surface area contributed by atoms with E-state index in [4.69, 9.17) is 14.7 Å². The zero-order valence-corrected chi connectivity index (χ0v) is 19.1. The molecule has 0 bridgehead atoms. The summed E-state index contributed by atoms with van der Waals surface area (Å²) in [7, 11) is 7.88. The zero-order chi connectivity index (χ0) is 22.0. The molecule has 0 unspecified atom stereocenters. The van der Waals surface area contributed by atoms with Crippen molar-refractivity contribution < 1.29 is 9.53 Å². The van der Waals surface area contributed by atoms with Gasteiger partial charge in [-0.1, -0.05) is 12.1 Å². The predicted molar refractivity (Wildman–Crippen MR) is 121 cm³/mol. The second-order valence-corrected chi connectivity index (χ2v) is 8.85. The van der Waals surface area contributed by atoms with Gasteiger partial charge in [-0.05, 0) is 44.0 Å². The van der Waals surface area contributed by atoms with E-state index in [1.165, 1.54) is 5.56 Å². The van der Waals surface area contributed by atoms with Crippen LogP contribution in [0.15, 0.2) is 24.3 Å². The summed E-state index contributed by atoms with van der Waals surface area (Å²) >= 11 is 0. The van der Waals surface area contributed by atoms with Crippen LogP contribution in [0.25, 0.3) is 0 Å². The number of likely N-dealkylation sites (N-methyl/N-ethyl adjacent to an activating group) is 1. The molecule has 2 aromatic rings. The fourth-order valence-electron chi connectivity index (χ4n) is 4.59. The van der Waals surface area contributed by atoms with E-state index in [2.05, 4.69) is 16.8 Å². The van der Waals surface area contributed by atoms with Gasteiger partial charge in [0.15, 0.2) is 5.82 Å². The molecule has 31 heavy (non-hydrogen) atoms. The van der Waals surface area contributed by atoms with Crippen molar-refractivity contribution in [1.82, 2.24) is 19.8 Å². The summed E-state index contributed by atoms with van der Waals surface area (Å²) in [5.74, 6) is 1.82. The lowest BCUT2D eigenvalue weighted by molar-refractivity contribution is 0.0599. The van der Waals surface area contributed by atoms with Gasteiger partial charge in [0, 0.05) is 58.4 Å². The summed E-state index contributed by atoms with van der Waals surface area (Å²) in [5.41, 5.74) is 4.12. The number of nitrogens with zero attached hydrogens (tertiary/aromatic N) is 5. The van der Waals surface area contributed by atoms with Gasteiger partial charge in [0.05, 0.1) is 18.3 Å². The van der Waals surface area contributed by atoms with Crippen LogP contribution in [0.2, 0.25) is 0 Å². The lowest BCUT2D eigenvalue weighted by atomic mass is 9.98. The molecule has 2 aliphatic rings. The molecular formula is C24H33N5O2. The number of hydrogen-bond acceptors (Lipinski definition) is 6. The van der Waals surface area contributed by atoms with E-state index in [1.54, 1.807) is 7.11 Å². The highest BCUT2D eigenvalue weighted by Gasteiger charge is 2.32. The molecule has 0 spiro atoms. The Morgan fingerprint density at radius 1 is 1.16 bits per heavy atom. The summed E-state index contributed by atoms with van der Waals surface area (Å²) in [6, 6.07) is 7.65. The number of aromatic nitrogens is 2. The van der Waals surface area contributed by atoms with Crippen molar-refractivity contribution in [2.75, 3.05) is 46.2 Å². The zero-order valence-electron chi connectivity index (χ0n) is 19.1. The molecule has 0 saturated carbocycles. The van der Waals surface area contributed by atoms with Gasteiger partial charge in [-0.3, -0.25) is 4.79 Å². The van der Waals surface area contributed by atoms with E-state index in [9.17, 15) is 4.79 Å². The average molecular weight is 424 g/mol. The van der Waals surface area contributed by atoms with E-state index in [0.29, 0.717) is 12.2 Å². The number of ether oxygens (including phenoxy) is 1. The van der Waals surface area contributed by atoms with Gasteiger partial charge in [0.1, 0.15) is 5.82 Å². The summed E-state index contributed by atoms with van der Waals surface area (Å²) in [4.78, 5) is 29.8. The molecule has 7 heteroatoms. The second-order valence-electron chi connectivity index (χ2n) is 8.85. The molecule has 1 aromatic carbocycles. The van der Waals surface area contributed by atoms with Crippen molar-refractivity contribution in [2.24, 2.45) is 0 Å². The highest BCUT2D eigenvalue weighted by Crippen LogP contribution is 2.33. The lowest BCUT2D eigenvalue weighted by Gasteiger charge is -2.36. The van der Waals surface area contributed by atoms with E-state index >= 15 is 0 Å². The highest BCUT2D eigenvalue weighted by molar-refractivity contribution is 5.94. The van der Waals surface area contributed by atoms with Crippen LogP contribution >= 0.6 is 0 Å². The van der Waals surface area contributed by atoms with E-state index in [-0.39, 0.29) is 11.9 Å². The summed E-state index contributed by atoms with van der Waals surface area (Å²) in [6.07, 6.45) is 3.92. The molecule has 7 nitrogen and oxygen atoms in total. The molecule has 1 fully saturated rings. The molecule has 1 amide bonds. The van der Waals surface area contributed by atoms with E-state index in [0.717, 1.165) is 68.2 Å². The minimum atomic E-state index is -0.0800. The number of carbonyl (C=O) groups excluding carboxylic acids is 1. The highest BCUT2D eigenvalue weighted by atomic mass is 16.5. The van der Waals surface area contributed by atoms with E-state index in [1.807, 2.05) is 43.3 Å². The maximum Gasteiger partial charge on any atom is 0.254 e. The van der Waals surface area contributed by atoms with Crippen molar-refractivity contribution >= 4 is 11.7 Å². The van der Waals surface area contributed by atoms with Crippen LogP contribution in [0.1, 0.15) is 58.3 Å². The van der Waals surface area contributed by atoms with E-state index < -0.39 is 0 Å². The van der Waals surface area contributed by atoms with Gasteiger partial charge >= 0.3 is 0 Å². The lowest BCUT2D eigenvalue weighted by Crippen LogP contribution is -2.40. The monoisotopic (exact) mass is 423 g/mol. The van der Waals surface area contributed by atoms with Gasteiger partial charge < -0.3 is 19.4 Å². The predicted octanol–water partition coefficient (Wildman–Crippen LogP) is 3.04. The Morgan fingerprint density at radius 2 is 1.94 bits per heavy atom.